The predicted octanol–water partition coefficient (Wildman–Crippen LogP) is 4.97. The summed E-state index contributed by atoms with van der Waals surface area (Å²) in [5, 5.41) is 52.5. The number of hydrogen-bond donors (Lipinski definition) is 11. The SMILES string of the molecule is NNC(=O)c1ccc(O)cc1.[C-]#[N+]c1ccc(N[C@@H](C(=O)NNC(=O)c2ccc(O)cc2)[C@@H](C)O)c(C)c1Cl.[C-]#[N+]c1ccc(N[C@@H](C(=O)O)[C@@H](C)O)c(C)c1Cl. The molecule has 0 fully saturated rings. The molecular formula is C38H40Cl2N8O9. The van der Waals surface area contributed by atoms with Crippen LogP contribution in [0.2, 0.25) is 10.0 Å². The van der Waals surface area contributed by atoms with E-state index in [4.69, 9.17) is 52.4 Å². The lowest BCUT2D eigenvalue weighted by atomic mass is 10.1. The van der Waals surface area contributed by atoms with E-state index in [9.17, 15) is 34.5 Å². The van der Waals surface area contributed by atoms with E-state index in [1.54, 1.807) is 26.0 Å². The Morgan fingerprint density at radius 1 is 0.649 bits per heavy atom. The summed E-state index contributed by atoms with van der Waals surface area (Å²) in [5.74, 6) is 2.23. The molecule has 0 saturated carbocycles. The summed E-state index contributed by atoms with van der Waals surface area (Å²) in [7, 11) is 0. The van der Waals surface area contributed by atoms with Crippen molar-refractivity contribution in [3.8, 4) is 11.5 Å². The quantitative estimate of drug-likeness (QED) is 0.0439. The fraction of sp³-hybridized carbons (Fsp3) is 0.211. The average Bonchev–Trinajstić information content (AvgIpc) is 3.18. The number of nitrogens with one attached hydrogen (secondary N) is 5. The summed E-state index contributed by atoms with van der Waals surface area (Å²) in [5.41, 5.74) is 9.82. The number of carbonyl (C=O) groups is 4. The third kappa shape index (κ3) is 13.6. The number of hydrogen-bond acceptors (Lipinski definition) is 11. The van der Waals surface area contributed by atoms with Gasteiger partial charge in [-0.25, -0.2) is 20.3 Å². The lowest BCUT2D eigenvalue weighted by Gasteiger charge is -2.23. The molecule has 0 radical (unpaired) electrons. The summed E-state index contributed by atoms with van der Waals surface area (Å²) in [6.07, 6.45) is -2.15. The molecule has 17 nitrogen and oxygen atoms in total. The zero-order chi connectivity index (χ0) is 43.0. The van der Waals surface area contributed by atoms with Crippen molar-refractivity contribution >= 4 is 69.6 Å². The molecule has 300 valence electrons. The Bertz CT molecular complexity index is 2140. The van der Waals surface area contributed by atoms with Crippen LogP contribution in [-0.2, 0) is 9.59 Å². The van der Waals surface area contributed by atoms with Gasteiger partial charge in [-0.15, -0.1) is 0 Å². The maximum atomic E-state index is 12.4. The fourth-order valence-corrected chi connectivity index (χ4v) is 4.95. The Morgan fingerprint density at radius 2 is 1.04 bits per heavy atom. The lowest BCUT2D eigenvalue weighted by molar-refractivity contribution is -0.140. The first-order valence-corrected chi connectivity index (χ1v) is 17.3. The molecule has 4 rings (SSSR count). The van der Waals surface area contributed by atoms with Crippen LogP contribution in [0.15, 0.2) is 72.8 Å². The third-order valence-corrected chi connectivity index (χ3v) is 8.75. The van der Waals surface area contributed by atoms with Gasteiger partial charge >= 0.3 is 5.97 Å². The lowest BCUT2D eigenvalue weighted by Crippen LogP contribution is -2.52. The Morgan fingerprint density at radius 3 is 1.39 bits per heavy atom. The molecule has 12 N–H and O–H groups in total. The van der Waals surface area contributed by atoms with E-state index in [0.717, 1.165) is 0 Å². The number of benzene rings is 4. The van der Waals surface area contributed by atoms with E-state index >= 15 is 0 Å². The van der Waals surface area contributed by atoms with Gasteiger partial charge in [0.25, 0.3) is 17.7 Å². The maximum Gasteiger partial charge on any atom is 0.328 e. The number of nitrogens with two attached hydrogens (primary N) is 1. The second-order valence-corrected chi connectivity index (χ2v) is 12.7. The Hall–Kier alpha value is -6.60. The van der Waals surface area contributed by atoms with E-state index in [-0.39, 0.29) is 38.7 Å². The number of hydrazine groups is 2. The van der Waals surface area contributed by atoms with Crippen LogP contribution in [0.5, 0.6) is 11.5 Å². The Kier molecular flexibility index (Phi) is 18.0. The van der Waals surface area contributed by atoms with E-state index in [0.29, 0.717) is 33.8 Å². The van der Waals surface area contributed by atoms with Crippen LogP contribution in [0.25, 0.3) is 9.69 Å². The molecule has 0 saturated heterocycles. The van der Waals surface area contributed by atoms with Gasteiger partial charge in [-0.2, -0.15) is 0 Å². The number of aliphatic hydroxyl groups excluding tert-OH is 2. The minimum Gasteiger partial charge on any atom is -0.508 e. The van der Waals surface area contributed by atoms with Gasteiger partial charge in [-0.1, -0.05) is 35.3 Å². The molecule has 4 aromatic carbocycles. The molecule has 0 bridgehead atoms. The number of halogens is 2. The number of aliphatic carboxylic acids is 1. The molecule has 0 aliphatic carbocycles. The number of carboxylic acid groups (broad SMARTS) is 1. The number of phenols is 2. The summed E-state index contributed by atoms with van der Waals surface area (Å²) in [4.78, 5) is 52.8. The first kappa shape index (κ1) is 46.6. The number of aliphatic hydroxyl groups is 2. The van der Waals surface area contributed by atoms with Crippen LogP contribution in [0.1, 0.15) is 45.7 Å². The van der Waals surface area contributed by atoms with Gasteiger partial charge < -0.3 is 36.2 Å². The van der Waals surface area contributed by atoms with E-state index in [2.05, 4.69) is 31.2 Å². The number of carbonyl (C=O) groups excluding carboxylic acids is 3. The van der Waals surface area contributed by atoms with Gasteiger partial charge in [0.05, 0.1) is 35.4 Å². The van der Waals surface area contributed by atoms with Crippen molar-refractivity contribution < 1.29 is 44.7 Å². The Balaban J connectivity index is 0.000000329. The van der Waals surface area contributed by atoms with Crippen molar-refractivity contribution in [3.63, 3.8) is 0 Å². The van der Waals surface area contributed by atoms with E-state index in [1.807, 2.05) is 5.43 Å². The molecule has 19 heteroatoms. The van der Waals surface area contributed by atoms with E-state index in [1.165, 1.54) is 74.5 Å². The zero-order valence-electron chi connectivity index (χ0n) is 30.8. The van der Waals surface area contributed by atoms with Gasteiger partial charge in [0.2, 0.25) is 11.4 Å². The van der Waals surface area contributed by atoms with Crippen molar-refractivity contribution in [2.75, 3.05) is 10.6 Å². The van der Waals surface area contributed by atoms with Crippen molar-refractivity contribution in [1.29, 1.82) is 0 Å². The minimum absolute atomic E-state index is 0.0113. The second kappa shape index (κ2) is 22.1. The summed E-state index contributed by atoms with van der Waals surface area (Å²) in [6, 6.07) is 15.2. The van der Waals surface area contributed by atoms with Crippen LogP contribution in [-0.4, -0.2) is 73.5 Å². The van der Waals surface area contributed by atoms with E-state index < -0.39 is 42.1 Å². The summed E-state index contributed by atoms with van der Waals surface area (Å²) >= 11 is 12.1. The van der Waals surface area contributed by atoms with Crippen LogP contribution < -0.4 is 32.8 Å². The highest BCUT2D eigenvalue weighted by Crippen LogP contribution is 2.34. The molecule has 0 unspecified atom stereocenters. The third-order valence-electron chi connectivity index (χ3n) is 7.80. The van der Waals surface area contributed by atoms with Gasteiger partial charge in [0.15, 0.2) is 6.04 Å². The normalized spacial score (nSPS) is 12.1. The summed E-state index contributed by atoms with van der Waals surface area (Å²) in [6.45, 7) is 20.2. The molecule has 4 atom stereocenters. The van der Waals surface area contributed by atoms with Gasteiger partial charge in [-0.3, -0.25) is 30.7 Å². The molecule has 3 amide bonds. The molecular weight excluding hydrogens is 783 g/mol. The predicted molar refractivity (Wildman–Crippen MR) is 214 cm³/mol. The van der Waals surface area contributed by atoms with Crippen molar-refractivity contribution in [2.24, 2.45) is 5.84 Å². The number of rotatable bonds is 10. The first-order chi connectivity index (χ1) is 26.9. The van der Waals surface area contributed by atoms with Crippen molar-refractivity contribution in [2.45, 2.75) is 52.0 Å². The highest BCUT2D eigenvalue weighted by molar-refractivity contribution is 6.35. The molecule has 0 aliphatic rings. The zero-order valence-corrected chi connectivity index (χ0v) is 32.3. The molecule has 0 aromatic heterocycles. The molecule has 57 heavy (non-hydrogen) atoms. The largest absolute Gasteiger partial charge is 0.508 e. The number of aromatic hydroxyl groups is 2. The van der Waals surface area contributed by atoms with Gasteiger partial charge in [0, 0.05) is 22.5 Å². The average molecular weight is 824 g/mol. The van der Waals surface area contributed by atoms with Crippen LogP contribution in [0, 0.1) is 27.0 Å². The van der Waals surface area contributed by atoms with Crippen LogP contribution in [0.4, 0.5) is 22.7 Å². The maximum absolute atomic E-state index is 12.4. The van der Waals surface area contributed by atoms with Crippen LogP contribution in [0.3, 0.4) is 0 Å². The highest BCUT2D eigenvalue weighted by Gasteiger charge is 2.26. The first-order valence-electron chi connectivity index (χ1n) is 16.5. The number of phenolic OH excluding ortho intramolecular Hbond substituents is 2. The second-order valence-electron chi connectivity index (χ2n) is 11.9. The standard InChI is InChI=1S/C19H19ClN4O4.C12H13ClN2O3.C7H8N2O2/c1-10-14(8-9-15(21-3)16(10)20)22-17(11(2)25)19(28)24-23-18(27)12-4-6-13(26)7-5-12;1-6-8(4-5-9(14-3)10(6)13)15-11(7(2)16)12(17)18;8-9-7(11)5-1-3-6(10)4-2-5/h4-9,11,17,22,25-26H,1-2H3,(H,23,27)(H,24,28);4-5,7,11,15-16H,1-2H3,(H,17,18);1-4,10H,8H2,(H,9,11)/t11-,17-;7-,11-;/m11./s1. The number of anilines is 2. The topological polar surface area (TPSA) is 264 Å². The number of nitrogen functional groups attached to an aromatic ring is 1. The van der Waals surface area contributed by atoms with Gasteiger partial charge in [-0.05, 0) is 99.5 Å². The molecule has 0 aliphatic heterocycles. The number of amides is 3. The monoisotopic (exact) mass is 822 g/mol. The molecule has 0 heterocycles. The Labute approximate surface area is 337 Å². The molecule has 4 aromatic rings. The number of carboxylic acids is 1. The van der Waals surface area contributed by atoms with Gasteiger partial charge in [0.1, 0.15) is 17.5 Å². The van der Waals surface area contributed by atoms with Crippen LogP contribution >= 0.6 is 23.2 Å². The minimum atomic E-state index is -1.16. The fourth-order valence-electron chi connectivity index (χ4n) is 4.53. The highest BCUT2D eigenvalue weighted by atomic mass is 35.5. The smallest absolute Gasteiger partial charge is 0.328 e. The summed E-state index contributed by atoms with van der Waals surface area (Å²) < 4.78 is 0. The molecule has 0 spiro atoms. The van der Waals surface area contributed by atoms with Crippen molar-refractivity contribution in [3.05, 3.63) is 128 Å². The van der Waals surface area contributed by atoms with Crippen molar-refractivity contribution in [1.82, 2.24) is 16.3 Å². The number of nitrogens with zero attached hydrogens (tertiary/aromatic N) is 2.